The number of hydrogen-bond acceptors (Lipinski definition) is 1. The van der Waals surface area contributed by atoms with E-state index in [0.29, 0.717) is 0 Å². The minimum atomic E-state index is 1.01. The number of nitrogens with one attached hydrogen (secondary N) is 1. The van der Waals surface area contributed by atoms with Crippen molar-refractivity contribution >= 4 is 0 Å². The quantitative estimate of drug-likeness (QED) is 0.682. The van der Waals surface area contributed by atoms with Gasteiger partial charge in [-0.1, -0.05) is 42.5 Å². The van der Waals surface area contributed by atoms with Gasteiger partial charge in [-0.05, 0) is 31.6 Å². The maximum absolute atomic E-state index is 3.21. The zero-order valence-corrected chi connectivity index (χ0v) is 9.06. The van der Waals surface area contributed by atoms with E-state index < -0.39 is 0 Å². The monoisotopic (exact) mass is 199 g/mol. The van der Waals surface area contributed by atoms with Gasteiger partial charge in [0.25, 0.3) is 0 Å². The van der Waals surface area contributed by atoms with Crippen LogP contribution in [0.15, 0.2) is 72.7 Å². The van der Waals surface area contributed by atoms with Crippen LogP contribution in [0, 0.1) is 0 Å². The summed E-state index contributed by atoms with van der Waals surface area (Å²) < 4.78 is 0. The molecule has 0 amide bonds. The first-order valence-corrected chi connectivity index (χ1v) is 5.18. The summed E-state index contributed by atoms with van der Waals surface area (Å²) in [5, 5.41) is 3.21. The van der Waals surface area contributed by atoms with E-state index in [4.69, 9.17) is 0 Å². The van der Waals surface area contributed by atoms with Crippen molar-refractivity contribution in [1.82, 2.24) is 5.32 Å². The summed E-state index contributed by atoms with van der Waals surface area (Å²) in [5.41, 5.74) is 1.11. The van der Waals surface area contributed by atoms with E-state index in [-0.39, 0.29) is 0 Å². The lowest BCUT2D eigenvalue weighted by atomic mass is 10.3. The largest absolute Gasteiger partial charge is 0.362 e. The van der Waals surface area contributed by atoms with Gasteiger partial charge in [-0.25, -0.2) is 0 Å². The van der Waals surface area contributed by atoms with E-state index in [1.165, 1.54) is 0 Å². The lowest BCUT2D eigenvalue weighted by Gasteiger charge is -1.97. The van der Waals surface area contributed by atoms with Gasteiger partial charge < -0.3 is 5.32 Å². The molecule has 0 fully saturated rings. The highest BCUT2D eigenvalue weighted by Gasteiger charge is 1.87. The van der Waals surface area contributed by atoms with Crippen LogP contribution >= 0.6 is 0 Å². The molecule has 0 bridgehead atoms. The lowest BCUT2D eigenvalue weighted by molar-refractivity contribution is 1.11. The van der Waals surface area contributed by atoms with Crippen LogP contribution in [0.1, 0.15) is 13.3 Å². The third-order valence-electron chi connectivity index (χ3n) is 1.85. The van der Waals surface area contributed by atoms with Crippen LogP contribution in [0.2, 0.25) is 0 Å². The van der Waals surface area contributed by atoms with E-state index in [2.05, 4.69) is 35.7 Å². The molecular formula is C14H17N. The van der Waals surface area contributed by atoms with Crippen LogP contribution < -0.4 is 5.32 Å². The van der Waals surface area contributed by atoms with Gasteiger partial charge in [0.1, 0.15) is 0 Å². The highest BCUT2D eigenvalue weighted by atomic mass is 14.8. The van der Waals surface area contributed by atoms with Gasteiger partial charge in [-0.3, -0.25) is 0 Å². The molecule has 0 aromatic carbocycles. The molecule has 1 aliphatic carbocycles. The van der Waals surface area contributed by atoms with Crippen molar-refractivity contribution in [3.8, 4) is 0 Å². The van der Waals surface area contributed by atoms with Crippen LogP contribution in [0.4, 0.5) is 0 Å². The summed E-state index contributed by atoms with van der Waals surface area (Å²) in [6.45, 7) is 2.00. The first kappa shape index (κ1) is 11.3. The van der Waals surface area contributed by atoms with Gasteiger partial charge in [0.15, 0.2) is 0 Å². The first-order chi connectivity index (χ1) is 7.43. The summed E-state index contributed by atoms with van der Waals surface area (Å²) in [6.07, 6.45) is 23.4. The Kier molecular flexibility index (Phi) is 5.75. The second kappa shape index (κ2) is 7.63. The predicted octanol–water partition coefficient (Wildman–Crippen LogP) is 3.62. The SMILES string of the molecule is C\C=C/C=C\C=C\NC1=CC=CCC=C1. The molecule has 0 unspecified atom stereocenters. The topological polar surface area (TPSA) is 12.0 Å². The van der Waals surface area contributed by atoms with Crippen molar-refractivity contribution < 1.29 is 0 Å². The molecule has 0 atom stereocenters. The summed E-state index contributed by atoms with van der Waals surface area (Å²) in [5.74, 6) is 0. The molecule has 1 heteroatoms. The summed E-state index contributed by atoms with van der Waals surface area (Å²) in [6, 6.07) is 0. The van der Waals surface area contributed by atoms with Crippen molar-refractivity contribution in [2.24, 2.45) is 0 Å². The fourth-order valence-corrected chi connectivity index (χ4v) is 1.11. The average Bonchev–Trinajstić information content (AvgIpc) is 2.52. The van der Waals surface area contributed by atoms with Crippen LogP contribution in [-0.4, -0.2) is 0 Å². The van der Waals surface area contributed by atoms with Crippen LogP contribution in [0.25, 0.3) is 0 Å². The molecule has 0 aromatic rings. The molecule has 1 rings (SSSR count). The smallest absolute Gasteiger partial charge is 0.0376 e. The molecule has 1 aliphatic rings. The third-order valence-corrected chi connectivity index (χ3v) is 1.85. The van der Waals surface area contributed by atoms with Gasteiger partial charge in [-0.15, -0.1) is 0 Å². The molecule has 78 valence electrons. The first-order valence-electron chi connectivity index (χ1n) is 5.18. The number of hydrogen-bond donors (Lipinski definition) is 1. The number of allylic oxidation sites excluding steroid dienone is 10. The normalized spacial score (nSPS) is 16.5. The molecule has 1 N–H and O–H groups in total. The van der Waals surface area contributed by atoms with Crippen molar-refractivity contribution in [1.29, 1.82) is 0 Å². The van der Waals surface area contributed by atoms with Gasteiger partial charge >= 0.3 is 0 Å². The molecule has 0 heterocycles. The van der Waals surface area contributed by atoms with E-state index in [0.717, 1.165) is 12.1 Å². The Morgan fingerprint density at radius 2 is 2.00 bits per heavy atom. The molecule has 0 saturated carbocycles. The van der Waals surface area contributed by atoms with Crippen LogP contribution in [-0.2, 0) is 0 Å². The van der Waals surface area contributed by atoms with E-state index in [1.807, 2.05) is 43.5 Å². The van der Waals surface area contributed by atoms with Crippen molar-refractivity contribution in [3.05, 3.63) is 72.7 Å². The minimum absolute atomic E-state index is 1.01. The van der Waals surface area contributed by atoms with Gasteiger partial charge in [0.2, 0.25) is 0 Å². The van der Waals surface area contributed by atoms with E-state index >= 15 is 0 Å². The van der Waals surface area contributed by atoms with Crippen molar-refractivity contribution in [2.75, 3.05) is 0 Å². The van der Waals surface area contributed by atoms with Crippen LogP contribution in [0.5, 0.6) is 0 Å². The maximum atomic E-state index is 3.21. The Balaban J connectivity index is 2.36. The molecule has 0 aromatic heterocycles. The molecule has 15 heavy (non-hydrogen) atoms. The zero-order valence-electron chi connectivity index (χ0n) is 9.06. The average molecular weight is 199 g/mol. The Bertz CT molecular complexity index is 338. The molecule has 1 nitrogen and oxygen atoms in total. The van der Waals surface area contributed by atoms with Gasteiger partial charge in [-0.2, -0.15) is 0 Å². The summed E-state index contributed by atoms with van der Waals surface area (Å²) >= 11 is 0. The molecule has 0 saturated heterocycles. The fraction of sp³-hybridized carbons (Fsp3) is 0.143. The van der Waals surface area contributed by atoms with Crippen LogP contribution in [0.3, 0.4) is 0 Å². The molecular weight excluding hydrogens is 182 g/mol. The van der Waals surface area contributed by atoms with Gasteiger partial charge in [0, 0.05) is 11.9 Å². The standard InChI is InChI=1S/C14H17N/c1-2-3-4-7-10-13-15-14-11-8-5-6-9-12-14/h2-5,7-13,15H,6H2,1H3/b3-2-,7-4-,13-10+. The van der Waals surface area contributed by atoms with Gasteiger partial charge in [0.05, 0.1) is 0 Å². The minimum Gasteiger partial charge on any atom is -0.362 e. The Hall–Kier alpha value is -1.76. The molecule has 0 radical (unpaired) electrons. The Morgan fingerprint density at radius 1 is 1.13 bits per heavy atom. The highest BCUT2D eigenvalue weighted by molar-refractivity contribution is 5.27. The van der Waals surface area contributed by atoms with E-state index in [1.54, 1.807) is 0 Å². The summed E-state index contributed by atoms with van der Waals surface area (Å²) in [7, 11) is 0. The molecule has 0 aliphatic heterocycles. The lowest BCUT2D eigenvalue weighted by Crippen LogP contribution is -2.00. The zero-order chi connectivity index (χ0) is 10.8. The Morgan fingerprint density at radius 3 is 2.87 bits per heavy atom. The van der Waals surface area contributed by atoms with E-state index in [9.17, 15) is 0 Å². The highest BCUT2D eigenvalue weighted by Crippen LogP contribution is 2.00. The second-order valence-electron chi connectivity index (χ2n) is 3.10. The second-order valence-corrected chi connectivity index (χ2v) is 3.10. The number of rotatable bonds is 4. The van der Waals surface area contributed by atoms with Crippen molar-refractivity contribution in [2.45, 2.75) is 13.3 Å². The third kappa shape index (κ3) is 5.53. The fourth-order valence-electron chi connectivity index (χ4n) is 1.11. The Labute approximate surface area is 91.9 Å². The maximum Gasteiger partial charge on any atom is 0.0376 e. The summed E-state index contributed by atoms with van der Waals surface area (Å²) in [4.78, 5) is 0. The predicted molar refractivity (Wildman–Crippen MR) is 67.2 cm³/mol. The molecule has 0 spiro atoms. The van der Waals surface area contributed by atoms with Crippen molar-refractivity contribution in [3.63, 3.8) is 0 Å².